The molecule has 9 heteroatoms. The zero-order chi connectivity index (χ0) is 17.9. The molecule has 1 fully saturated rings. The van der Waals surface area contributed by atoms with Gasteiger partial charge >= 0.3 is 17.2 Å². The van der Waals surface area contributed by atoms with Crippen LogP contribution in [0.2, 0.25) is 0 Å². The normalized spacial score (nSPS) is 15.2. The lowest BCUT2D eigenvalue weighted by Crippen LogP contribution is -2.41. The number of methoxy groups -OCH3 is 1. The van der Waals surface area contributed by atoms with Crippen LogP contribution in [0, 0.1) is 16.0 Å². The molecule has 130 valence electrons. The maximum absolute atomic E-state index is 12.3. The second-order valence-electron chi connectivity index (χ2n) is 5.86. The summed E-state index contributed by atoms with van der Waals surface area (Å²) in [6, 6.07) is 0.859. The zero-order valence-corrected chi connectivity index (χ0v) is 13.6. The fourth-order valence-electron chi connectivity index (χ4n) is 2.60. The average molecular weight is 337 g/mol. The van der Waals surface area contributed by atoms with E-state index < -0.39 is 22.1 Å². The Morgan fingerprint density at radius 2 is 2.00 bits per heavy atom. The second-order valence-corrected chi connectivity index (χ2v) is 5.86. The van der Waals surface area contributed by atoms with Gasteiger partial charge in [-0.05, 0) is 18.8 Å². The number of carbonyl (C=O) groups excluding carboxylic acids is 2. The molecule has 1 aromatic rings. The Labute approximate surface area is 138 Å². The van der Waals surface area contributed by atoms with Crippen molar-refractivity contribution in [3.05, 3.63) is 38.3 Å². The number of hydrogen-bond acceptors (Lipinski definition) is 6. The molecule has 2 heterocycles. The molecule has 1 saturated heterocycles. The maximum atomic E-state index is 12.3. The number of rotatable bonds is 4. The van der Waals surface area contributed by atoms with Gasteiger partial charge in [-0.25, -0.2) is 4.79 Å². The number of aromatic nitrogens is 1. The van der Waals surface area contributed by atoms with E-state index in [0.29, 0.717) is 19.0 Å². The van der Waals surface area contributed by atoms with Gasteiger partial charge in [-0.15, -0.1) is 0 Å². The molecule has 0 radical (unpaired) electrons. The number of amides is 1. The quantitative estimate of drug-likeness (QED) is 0.456. The molecule has 24 heavy (non-hydrogen) atoms. The van der Waals surface area contributed by atoms with Crippen molar-refractivity contribution in [3.8, 4) is 0 Å². The van der Waals surface area contributed by atoms with Crippen molar-refractivity contribution >= 4 is 17.6 Å². The Balaban J connectivity index is 2.30. The number of carbonyl (C=O) groups is 2. The van der Waals surface area contributed by atoms with Crippen LogP contribution >= 0.6 is 0 Å². The second kappa shape index (κ2) is 7.24. The van der Waals surface area contributed by atoms with Crippen LogP contribution in [0.5, 0.6) is 0 Å². The molecule has 1 amide bonds. The molecular formula is C15H19N3O6. The summed E-state index contributed by atoms with van der Waals surface area (Å²) in [5.41, 5.74) is -1.84. The van der Waals surface area contributed by atoms with Gasteiger partial charge in [0.05, 0.1) is 17.6 Å². The van der Waals surface area contributed by atoms with Gasteiger partial charge in [0, 0.05) is 25.4 Å². The highest BCUT2D eigenvalue weighted by molar-refractivity contribution is 5.89. The van der Waals surface area contributed by atoms with Crippen molar-refractivity contribution in [3.63, 3.8) is 0 Å². The van der Waals surface area contributed by atoms with E-state index in [9.17, 15) is 24.5 Å². The fourth-order valence-corrected chi connectivity index (χ4v) is 2.60. The monoisotopic (exact) mass is 337 g/mol. The van der Waals surface area contributed by atoms with E-state index in [1.807, 2.05) is 0 Å². The first-order valence-electron chi connectivity index (χ1n) is 7.58. The smallest absolute Gasteiger partial charge is 0.339 e. The molecule has 0 aromatic carbocycles. The van der Waals surface area contributed by atoms with Gasteiger partial charge in [0.15, 0.2) is 0 Å². The lowest BCUT2D eigenvalue weighted by atomic mass is 9.99. The summed E-state index contributed by atoms with van der Waals surface area (Å²) in [7, 11) is 1.13. The predicted octanol–water partition coefficient (Wildman–Crippen LogP) is 0.802. The highest BCUT2D eigenvalue weighted by Crippen LogP contribution is 2.16. The molecule has 0 saturated carbocycles. The largest absolute Gasteiger partial charge is 0.465 e. The van der Waals surface area contributed by atoms with Crippen LogP contribution < -0.4 is 5.56 Å². The van der Waals surface area contributed by atoms with Gasteiger partial charge in [0.2, 0.25) is 5.91 Å². The number of nitrogens with zero attached hydrogens (tertiary/aromatic N) is 3. The molecular weight excluding hydrogens is 318 g/mol. The van der Waals surface area contributed by atoms with E-state index in [1.54, 1.807) is 4.90 Å². The third kappa shape index (κ3) is 3.79. The van der Waals surface area contributed by atoms with Crippen molar-refractivity contribution in [2.45, 2.75) is 26.3 Å². The van der Waals surface area contributed by atoms with Gasteiger partial charge in [-0.2, -0.15) is 0 Å². The maximum Gasteiger partial charge on any atom is 0.339 e. The number of ether oxygens (including phenoxy) is 1. The summed E-state index contributed by atoms with van der Waals surface area (Å²) >= 11 is 0. The number of nitro groups is 1. The minimum absolute atomic E-state index is 0.149. The van der Waals surface area contributed by atoms with E-state index in [1.165, 1.54) is 0 Å². The predicted molar refractivity (Wildman–Crippen MR) is 83.7 cm³/mol. The van der Waals surface area contributed by atoms with Crippen LogP contribution in [0.4, 0.5) is 5.69 Å². The molecule has 0 unspecified atom stereocenters. The van der Waals surface area contributed by atoms with Gasteiger partial charge in [0.25, 0.3) is 0 Å². The summed E-state index contributed by atoms with van der Waals surface area (Å²) in [5.74, 6) is -0.577. The molecule has 0 N–H and O–H groups in total. The van der Waals surface area contributed by atoms with Crippen LogP contribution in [0.25, 0.3) is 0 Å². The number of pyridine rings is 1. The number of esters is 1. The first kappa shape index (κ1) is 17.6. The standard InChI is InChI=1S/C15H19N3O6/c1-10-3-5-16(6-4-10)13(19)9-17-8-11(15(21)24-2)7-12(14(17)20)18(22)23/h7-8,10H,3-6,9H2,1-2H3. The van der Waals surface area contributed by atoms with Crippen LogP contribution in [-0.4, -0.2) is 46.5 Å². The van der Waals surface area contributed by atoms with Crippen molar-refractivity contribution in [1.82, 2.24) is 9.47 Å². The van der Waals surface area contributed by atoms with E-state index in [4.69, 9.17) is 0 Å². The zero-order valence-electron chi connectivity index (χ0n) is 13.6. The molecule has 0 spiro atoms. The Kier molecular flexibility index (Phi) is 5.32. The number of hydrogen-bond donors (Lipinski definition) is 0. The first-order valence-corrected chi connectivity index (χ1v) is 7.58. The molecule has 1 aromatic heterocycles. The summed E-state index contributed by atoms with van der Waals surface area (Å²) in [6.45, 7) is 2.94. The van der Waals surface area contributed by atoms with Crippen molar-refractivity contribution < 1.29 is 19.2 Å². The molecule has 0 bridgehead atoms. The van der Waals surface area contributed by atoms with Crippen LogP contribution in [0.1, 0.15) is 30.1 Å². The van der Waals surface area contributed by atoms with Crippen LogP contribution in [0.15, 0.2) is 17.1 Å². The fraction of sp³-hybridized carbons (Fsp3) is 0.533. The van der Waals surface area contributed by atoms with E-state index >= 15 is 0 Å². The third-order valence-corrected chi connectivity index (χ3v) is 4.13. The molecule has 1 aliphatic heterocycles. The highest BCUT2D eigenvalue weighted by atomic mass is 16.6. The number of piperidine rings is 1. The van der Waals surface area contributed by atoms with E-state index in [0.717, 1.165) is 36.8 Å². The Morgan fingerprint density at radius 1 is 1.38 bits per heavy atom. The minimum Gasteiger partial charge on any atom is -0.465 e. The van der Waals surface area contributed by atoms with Gasteiger partial charge in [-0.1, -0.05) is 6.92 Å². The Morgan fingerprint density at radius 3 is 2.54 bits per heavy atom. The van der Waals surface area contributed by atoms with E-state index in [2.05, 4.69) is 11.7 Å². The summed E-state index contributed by atoms with van der Waals surface area (Å²) in [6.07, 6.45) is 2.87. The first-order chi connectivity index (χ1) is 11.3. The van der Waals surface area contributed by atoms with Crippen molar-refractivity contribution in [2.75, 3.05) is 20.2 Å². The van der Waals surface area contributed by atoms with Crippen molar-refractivity contribution in [2.24, 2.45) is 5.92 Å². The van der Waals surface area contributed by atoms with Gasteiger partial charge < -0.3 is 9.64 Å². The lowest BCUT2D eigenvalue weighted by Gasteiger charge is -2.30. The SMILES string of the molecule is COC(=O)c1cc([N+](=O)[O-])c(=O)n(CC(=O)N2CCC(C)CC2)c1. The highest BCUT2D eigenvalue weighted by Gasteiger charge is 2.24. The minimum atomic E-state index is -0.925. The van der Waals surface area contributed by atoms with E-state index in [-0.39, 0.29) is 18.0 Å². The third-order valence-electron chi connectivity index (χ3n) is 4.13. The number of likely N-dealkylation sites (tertiary alicyclic amines) is 1. The van der Waals surface area contributed by atoms with Crippen LogP contribution in [0.3, 0.4) is 0 Å². The Bertz CT molecular complexity index is 718. The van der Waals surface area contributed by atoms with Gasteiger partial charge in [-0.3, -0.25) is 24.3 Å². The van der Waals surface area contributed by atoms with Gasteiger partial charge in [0.1, 0.15) is 6.54 Å². The topological polar surface area (TPSA) is 112 Å². The summed E-state index contributed by atoms with van der Waals surface area (Å²) in [4.78, 5) is 47.9. The van der Waals surface area contributed by atoms with Crippen molar-refractivity contribution in [1.29, 1.82) is 0 Å². The summed E-state index contributed by atoms with van der Waals surface area (Å²) in [5, 5.41) is 11.0. The molecule has 9 nitrogen and oxygen atoms in total. The molecule has 2 rings (SSSR count). The lowest BCUT2D eigenvalue weighted by molar-refractivity contribution is -0.386. The summed E-state index contributed by atoms with van der Waals surface area (Å²) < 4.78 is 5.42. The average Bonchev–Trinajstić information content (AvgIpc) is 2.56. The molecule has 0 atom stereocenters. The Hall–Kier alpha value is -2.71. The van der Waals surface area contributed by atoms with Crippen LogP contribution in [-0.2, 0) is 16.1 Å². The molecule has 1 aliphatic rings. The molecule has 0 aliphatic carbocycles.